The zero-order valence-corrected chi connectivity index (χ0v) is 15.1. The first-order valence-electron chi connectivity index (χ1n) is 9.14. The third-order valence-corrected chi connectivity index (χ3v) is 5.33. The van der Waals surface area contributed by atoms with Gasteiger partial charge in [-0.15, -0.1) is 0 Å². The molecular weight excluding hydrogens is 348 g/mol. The van der Waals surface area contributed by atoms with Crippen molar-refractivity contribution in [3.8, 4) is 17.2 Å². The van der Waals surface area contributed by atoms with E-state index >= 15 is 0 Å². The van der Waals surface area contributed by atoms with Crippen molar-refractivity contribution in [3.63, 3.8) is 0 Å². The van der Waals surface area contributed by atoms with E-state index in [1.54, 1.807) is 29.4 Å². The molecule has 1 aromatic heterocycles. The monoisotopic (exact) mass is 370 g/mol. The van der Waals surface area contributed by atoms with Gasteiger partial charge in [0.2, 0.25) is 12.7 Å². The van der Waals surface area contributed by atoms with Crippen molar-refractivity contribution in [1.82, 2.24) is 4.98 Å². The fourth-order valence-electron chi connectivity index (χ4n) is 3.92. The van der Waals surface area contributed by atoms with Crippen LogP contribution in [0.5, 0.6) is 17.2 Å². The molecule has 1 amide bonds. The van der Waals surface area contributed by atoms with Crippen molar-refractivity contribution in [2.24, 2.45) is 0 Å². The van der Waals surface area contributed by atoms with Crippen LogP contribution < -0.4 is 14.4 Å². The standard InChI is InChI=1S/C20H22N2O5/c1-2-3-4-7-22-15-5-6-21-10-14(15)20(11-23,19(22)25)13-8-17-18(9-16(13)24)27-12-26-17/h5-6,8-10,23-24H,2-4,7,11-12H2,1H3. The molecular formula is C20H22N2O5. The van der Waals surface area contributed by atoms with Crippen LogP contribution in [0.1, 0.15) is 37.3 Å². The average molecular weight is 370 g/mol. The minimum atomic E-state index is -1.42. The van der Waals surface area contributed by atoms with Crippen LogP contribution in [0, 0.1) is 0 Å². The van der Waals surface area contributed by atoms with E-state index in [-0.39, 0.29) is 18.4 Å². The number of anilines is 1. The van der Waals surface area contributed by atoms with Gasteiger partial charge in [0.25, 0.3) is 0 Å². The van der Waals surface area contributed by atoms with Gasteiger partial charge in [-0.3, -0.25) is 9.78 Å². The zero-order valence-electron chi connectivity index (χ0n) is 15.1. The predicted molar refractivity (Wildman–Crippen MR) is 98.2 cm³/mol. The quantitative estimate of drug-likeness (QED) is 0.759. The Morgan fingerprint density at radius 3 is 2.74 bits per heavy atom. The molecule has 1 aromatic carbocycles. The van der Waals surface area contributed by atoms with Crippen molar-refractivity contribution in [2.45, 2.75) is 31.6 Å². The van der Waals surface area contributed by atoms with Crippen LogP contribution in [-0.2, 0) is 10.2 Å². The van der Waals surface area contributed by atoms with Gasteiger partial charge in [0, 0.05) is 36.1 Å². The number of amides is 1. The topological polar surface area (TPSA) is 92.1 Å². The van der Waals surface area contributed by atoms with Gasteiger partial charge in [-0.1, -0.05) is 19.8 Å². The summed E-state index contributed by atoms with van der Waals surface area (Å²) in [5.74, 6) is 0.476. The number of ether oxygens (including phenoxy) is 2. The number of phenols is 1. The molecule has 0 aliphatic carbocycles. The SMILES string of the molecule is CCCCCN1C(=O)C(CO)(c2cc3c(cc2O)OCO3)c2cnccc21. The first kappa shape index (κ1) is 17.6. The second-order valence-electron chi connectivity index (χ2n) is 6.84. The summed E-state index contributed by atoms with van der Waals surface area (Å²) in [5, 5.41) is 21.0. The minimum absolute atomic E-state index is 0.0551. The summed E-state index contributed by atoms with van der Waals surface area (Å²) >= 11 is 0. The Hall–Kier alpha value is -2.80. The number of carbonyl (C=O) groups is 1. The van der Waals surface area contributed by atoms with Crippen LogP contribution in [0.4, 0.5) is 5.69 Å². The molecule has 2 aromatic rings. The number of aliphatic hydroxyl groups excluding tert-OH is 1. The molecule has 1 atom stereocenters. The van der Waals surface area contributed by atoms with Crippen molar-refractivity contribution < 1.29 is 24.5 Å². The smallest absolute Gasteiger partial charge is 0.244 e. The lowest BCUT2D eigenvalue weighted by Crippen LogP contribution is -2.44. The number of nitrogens with zero attached hydrogens (tertiary/aromatic N) is 2. The van der Waals surface area contributed by atoms with E-state index in [1.807, 2.05) is 0 Å². The first-order chi connectivity index (χ1) is 13.1. The lowest BCUT2D eigenvalue weighted by Gasteiger charge is -2.28. The van der Waals surface area contributed by atoms with E-state index in [0.29, 0.717) is 29.2 Å². The van der Waals surface area contributed by atoms with Crippen LogP contribution in [0.15, 0.2) is 30.6 Å². The Balaban J connectivity index is 1.86. The van der Waals surface area contributed by atoms with Crippen molar-refractivity contribution in [2.75, 3.05) is 24.8 Å². The number of benzene rings is 1. The van der Waals surface area contributed by atoms with Gasteiger partial charge < -0.3 is 24.6 Å². The summed E-state index contributed by atoms with van der Waals surface area (Å²) in [6.45, 7) is 2.23. The fourth-order valence-corrected chi connectivity index (χ4v) is 3.92. The summed E-state index contributed by atoms with van der Waals surface area (Å²) < 4.78 is 10.7. The molecule has 2 N–H and O–H groups in total. The number of hydrogen-bond donors (Lipinski definition) is 2. The van der Waals surface area contributed by atoms with Crippen LogP contribution in [0.2, 0.25) is 0 Å². The average Bonchev–Trinajstić information content (AvgIpc) is 3.22. The molecule has 7 heteroatoms. The van der Waals surface area contributed by atoms with Crippen LogP contribution in [0.3, 0.4) is 0 Å². The molecule has 0 fully saturated rings. The van der Waals surface area contributed by atoms with Gasteiger partial charge in [0.15, 0.2) is 11.5 Å². The molecule has 1 unspecified atom stereocenters. The summed E-state index contributed by atoms with van der Waals surface area (Å²) in [5.41, 5.74) is 0.188. The number of pyridine rings is 1. The van der Waals surface area contributed by atoms with E-state index in [1.165, 1.54) is 6.07 Å². The minimum Gasteiger partial charge on any atom is -0.507 e. The lowest BCUT2D eigenvalue weighted by molar-refractivity contribution is -0.123. The van der Waals surface area contributed by atoms with Crippen molar-refractivity contribution >= 4 is 11.6 Å². The number of rotatable bonds is 6. The Morgan fingerprint density at radius 1 is 1.22 bits per heavy atom. The van der Waals surface area contributed by atoms with Gasteiger partial charge in [0.05, 0.1) is 12.3 Å². The van der Waals surface area contributed by atoms with E-state index < -0.39 is 12.0 Å². The number of hydrogen-bond acceptors (Lipinski definition) is 6. The molecule has 0 saturated heterocycles. The van der Waals surface area contributed by atoms with Gasteiger partial charge in [-0.05, 0) is 18.6 Å². The Kier molecular flexibility index (Phi) is 4.39. The Labute approximate surface area is 157 Å². The number of aromatic hydroxyl groups is 1. The molecule has 0 bridgehead atoms. The molecule has 4 rings (SSSR count). The van der Waals surface area contributed by atoms with E-state index in [9.17, 15) is 15.0 Å². The molecule has 0 radical (unpaired) electrons. The number of carbonyl (C=O) groups excluding carboxylic acids is 1. The molecule has 7 nitrogen and oxygen atoms in total. The molecule has 3 heterocycles. The fraction of sp³-hybridized carbons (Fsp3) is 0.400. The number of aliphatic hydroxyl groups is 1. The zero-order chi connectivity index (χ0) is 19.0. The molecule has 0 spiro atoms. The lowest BCUT2D eigenvalue weighted by atomic mass is 9.76. The summed E-state index contributed by atoms with van der Waals surface area (Å²) in [6, 6.07) is 4.79. The van der Waals surface area contributed by atoms with Gasteiger partial charge >= 0.3 is 0 Å². The highest BCUT2D eigenvalue weighted by Gasteiger charge is 2.53. The molecule has 2 aliphatic rings. The van der Waals surface area contributed by atoms with Crippen LogP contribution in [0.25, 0.3) is 0 Å². The van der Waals surface area contributed by atoms with Crippen LogP contribution >= 0.6 is 0 Å². The van der Waals surface area contributed by atoms with E-state index in [2.05, 4.69) is 11.9 Å². The van der Waals surface area contributed by atoms with Gasteiger partial charge in [-0.2, -0.15) is 0 Å². The maximum absolute atomic E-state index is 13.5. The highest BCUT2D eigenvalue weighted by atomic mass is 16.7. The summed E-state index contributed by atoms with van der Waals surface area (Å²) in [7, 11) is 0. The second-order valence-corrected chi connectivity index (χ2v) is 6.84. The highest BCUT2D eigenvalue weighted by Crippen LogP contribution is 2.51. The van der Waals surface area contributed by atoms with E-state index in [4.69, 9.17) is 9.47 Å². The normalized spacial score (nSPS) is 20.2. The maximum Gasteiger partial charge on any atom is 0.244 e. The number of phenolic OH excluding ortho intramolecular Hbond substituents is 1. The number of aromatic nitrogens is 1. The number of fused-ring (bicyclic) bond motifs is 2. The molecule has 0 saturated carbocycles. The largest absolute Gasteiger partial charge is 0.507 e. The summed E-state index contributed by atoms with van der Waals surface area (Å²) in [4.78, 5) is 19.4. The third-order valence-electron chi connectivity index (χ3n) is 5.33. The predicted octanol–water partition coefficient (Wildman–Crippen LogP) is 2.33. The second kappa shape index (κ2) is 6.74. The molecule has 27 heavy (non-hydrogen) atoms. The Morgan fingerprint density at radius 2 is 2.00 bits per heavy atom. The number of unbranched alkanes of at least 4 members (excludes halogenated alkanes) is 2. The van der Waals surface area contributed by atoms with Gasteiger partial charge in [0.1, 0.15) is 11.2 Å². The van der Waals surface area contributed by atoms with E-state index in [0.717, 1.165) is 24.9 Å². The van der Waals surface area contributed by atoms with Crippen LogP contribution in [-0.4, -0.2) is 41.0 Å². The third kappa shape index (κ3) is 2.53. The van der Waals surface area contributed by atoms with Crippen molar-refractivity contribution in [3.05, 3.63) is 41.7 Å². The first-order valence-corrected chi connectivity index (χ1v) is 9.14. The molecule has 2 aliphatic heterocycles. The van der Waals surface area contributed by atoms with Crippen molar-refractivity contribution in [1.29, 1.82) is 0 Å². The maximum atomic E-state index is 13.5. The molecule has 142 valence electrons. The van der Waals surface area contributed by atoms with Gasteiger partial charge in [-0.25, -0.2) is 0 Å². The highest BCUT2D eigenvalue weighted by molar-refractivity contribution is 6.11. The summed E-state index contributed by atoms with van der Waals surface area (Å²) in [6.07, 6.45) is 6.13. The Bertz CT molecular complexity index is 885.